The number of halogens is 4. The predicted octanol–water partition coefficient (Wildman–Crippen LogP) is 7.58. The Hall–Kier alpha value is -4.78. The molecule has 3 aromatic carbocycles. The van der Waals surface area contributed by atoms with Gasteiger partial charge in [0.1, 0.15) is 18.2 Å². The summed E-state index contributed by atoms with van der Waals surface area (Å²) in [5, 5.41) is 8.86. The minimum atomic E-state index is -4.78. The Labute approximate surface area is 260 Å². The smallest absolute Gasteiger partial charge is 0.406 e. The molecule has 5 aromatic rings. The highest BCUT2D eigenvalue weighted by atomic mass is 32.1. The molecule has 0 saturated carbocycles. The second kappa shape index (κ2) is 13.5. The van der Waals surface area contributed by atoms with Gasteiger partial charge in [-0.2, -0.15) is 4.99 Å². The van der Waals surface area contributed by atoms with Crippen molar-refractivity contribution >= 4 is 17.4 Å². The number of aryl methyl sites for hydroxylation is 3. The molecule has 1 unspecified atom stereocenters. The van der Waals surface area contributed by atoms with E-state index in [1.54, 1.807) is 24.3 Å². The highest BCUT2D eigenvalue weighted by Gasteiger charge is 2.31. The molecule has 1 N–H and O–H groups in total. The first kappa shape index (κ1) is 31.6. The molecule has 0 bridgehead atoms. The zero-order valence-electron chi connectivity index (χ0n) is 24.7. The third-order valence-electron chi connectivity index (χ3n) is 6.87. The zero-order chi connectivity index (χ0) is 32.1. The van der Waals surface area contributed by atoms with Gasteiger partial charge in [0.05, 0.1) is 17.9 Å². The molecule has 13 heteroatoms. The summed E-state index contributed by atoms with van der Waals surface area (Å²) in [5.41, 5.74) is 5.63. The Morgan fingerprint density at radius 2 is 1.80 bits per heavy atom. The molecule has 0 spiro atoms. The molecule has 8 nitrogen and oxygen atoms in total. The maximum atomic E-state index is 15.1. The van der Waals surface area contributed by atoms with Gasteiger partial charge in [0.2, 0.25) is 0 Å². The number of aromatic nitrogens is 4. The van der Waals surface area contributed by atoms with Gasteiger partial charge in [-0.25, -0.2) is 18.9 Å². The van der Waals surface area contributed by atoms with Crippen molar-refractivity contribution < 1.29 is 27.1 Å². The van der Waals surface area contributed by atoms with Gasteiger partial charge in [-0.15, -0.1) is 29.6 Å². The summed E-state index contributed by atoms with van der Waals surface area (Å²) in [6.45, 7) is 5.83. The van der Waals surface area contributed by atoms with E-state index in [0.717, 1.165) is 35.3 Å². The maximum Gasteiger partial charge on any atom is 0.573 e. The molecule has 0 radical (unpaired) electrons. The average molecular weight is 639 g/mol. The Bertz CT molecular complexity index is 1840. The van der Waals surface area contributed by atoms with E-state index in [2.05, 4.69) is 50.3 Å². The number of nitrogens with zero attached hydrogens (tertiary/aromatic N) is 5. The van der Waals surface area contributed by atoms with E-state index in [1.165, 1.54) is 46.6 Å². The maximum absolute atomic E-state index is 15.1. The Morgan fingerprint density at radius 1 is 1.07 bits per heavy atom. The third kappa shape index (κ3) is 7.85. The van der Waals surface area contributed by atoms with Crippen molar-refractivity contribution in [1.82, 2.24) is 24.6 Å². The number of thiazole rings is 1. The molecule has 5 rings (SSSR count). The van der Waals surface area contributed by atoms with E-state index >= 15 is 4.39 Å². The van der Waals surface area contributed by atoms with Crippen molar-refractivity contribution in [1.29, 1.82) is 0 Å². The number of rotatable bonds is 9. The number of ether oxygens (including phenoxy) is 1. The number of hydrogen-bond acceptors (Lipinski definition) is 5. The largest absolute Gasteiger partial charge is 0.573 e. The van der Waals surface area contributed by atoms with Crippen molar-refractivity contribution in [3.63, 3.8) is 0 Å². The van der Waals surface area contributed by atoms with Crippen LogP contribution in [0.25, 0.3) is 22.8 Å². The van der Waals surface area contributed by atoms with E-state index in [9.17, 15) is 18.0 Å². The summed E-state index contributed by atoms with van der Waals surface area (Å²) in [5.74, 6) is -0.00346. The normalized spacial score (nSPS) is 12.7. The SMILES string of the molecule is CCCc1ccc(C)cc1-n1c(C)csc1=NC(=O)NCC(F)c1ccc(-c2ncn(-c3ccc(OC(F)(F)F)cc3)n2)cc1. The quantitative estimate of drug-likeness (QED) is 0.169. The first-order valence-corrected chi connectivity index (χ1v) is 15.0. The monoisotopic (exact) mass is 638 g/mol. The molecule has 0 aliphatic heterocycles. The van der Waals surface area contributed by atoms with Crippen LogP contribution in [0.2, 0.25) is 0 Å². The Kier molecular flexibility index (Phi) is 9.47. The minimum Gasteiger partial charge on any atom is -0.406 e. The van der Waals surface area contributed by atoms with Gasteiger partial charge in [-0.05, 0) is 67.3 Å². The lowest BCUT2D eigenvalue weighted by atomic mass is 10.1. The molecule has 2 heterocycles. The predicted molar refractivity (Wildman–Crippen MR) is 163 cm³/mol. The topological polar surface area (TPSA) is 86.3 Å². The lowest BCUT2D eigenvalue weighted by molar-refractivity contribution is -0.274. The first-order chi connectivity index (χ1) is 21.5. The van der Waals surface area contributed by atoms with E-state index in [0.29, 0.717) is 27.4 Å². The van der Waals surface area contributed by atoms with Crippen LogP contribution in [0.1, 0.15) is 41.9 Å². The molecular weight excluding hydrogens is 608 g/mol. The Balaban J connectivity index is 1.23. The number of carbonyl (C=O) groups excluding carboxylic acids is 1. The van der Waals surface area contributed by atoms with Gasteiger partial charge in [-0.3, -0.25) is 4.57 Å². The molecule has 0 aliphatic rings. The number of amides is 2. The number of carbonyl (C=O) groups is 1. The van der Waals surface area contributed by atoms with Crippen molar-refractivity contribution in [2.24, 2.45) is 4.99 Å². The van der Waals surface area contributed by atoms with Gasteiger partial charge in [-0.1, -0.05) is 49.7 Å². The van der Waals surface area contributed by atoms with Gasteiger partial charge in [0.15, 0.2) is 10.6 Å². The van der Waals surface area contributed by atoms with Crippen LogP contribution < -0.4 is 14.9 Å². The first-order valence-electron chi connectivity index (χ1n) is 14.1. The van der Waals surface area contributed by atoms with E-state index in [1.807, 2.05) is 23.8 Å². The molecule has 2 aromatic heterocycles. The molecule has 0 aliphatic carbocycles. The van der Waals surface area contributed by atoms with Gasteiger partial charge in [0.25, 0.3) is 0 Å². The summed E-state index contributed by atoms with van der Waals surface area (Å²) in [6.07, 6.45) is -2.97. The fraction of sp³-hybridized carbons (Fsp3) is 0.250. The van der Waals surface area contributed by atoms with Crippen LogP contribution in [0.15, 0.2) is 83.4 Å². The highest BCUT2D eigenvalue weighted by Crippen LogP contribution is 2.25. The summed E-state index contributed by atoms with van der Waals surface area (Å²) in [6, 6.07) is 17.3. The number of alkyl halides is 4. The van der Waals surface area contributed by atoms with Crippen molar-refractivity contribution in [3.05, 3.63) is 106 Å². The van der Waals surface area contributed by atoms with Gasteiger partial charge >= 0.3 is 12.4 Å². The highest BCUT2D eigenvalue weighted by molar-refractivity contribution is 7.07. The summed E-state index contributed by atoms with van der Waals surface area (Å²) < 4.78 is 59.6. The van der Waals surface area contributed by atoms with Gasteiger partial charge in [0, 0.05) is 16.6 Å². The van der Waals surface area contributed by atoms with Crippen LogP contribution in [0.4, 0.5) is 22.4 Å². The molecule has 45 heavy (non-hydrogen) atoms. The zero-order valence-corrected chi connectivity index (χ0v) is 25.5. The second-order valence-electron chi connectivity index (χ2n) is 10.3. The number of benzene rings is 3. The number of urea groups is 1. The van der Waals surface area contributed by atoms with Crippen molar-refractivity contribution in [2.45, 2.75) is 46.1 Å². The lowest BCUT2D eigenvalue weighted by Crippen LogP contribution is -2.27. The van der Waals surface area contributed by atoms with E-state index < -0.39 is 18.6 Å². The van der Waals surface area contributed by atoms with Crippen LogP contribution in [0.3, 0.4) is 0 Å². The molecule has 234 valence electrons. The van der Waals surface area contributed by atoms with Gasteiger partial charge < -0.3 is 10.1 Å². The molecule has 0 saturated heterocycles. The van der Waals surface area contributed by atoms with E-state index in [4.69, 9.17) is 0 Å². The van der Waals surface area contributed by atoms with Crippen LogP contribution in [-0.4, -0.2) is 38.3 Å². The summed E-state index contributed by atoms with van der Waals surface area (Å²) >= 11 is 1.35. The number of nitrogens with one attached hydrogen (secondary N) is 1. The Morgan fingerprint density at radius 3 is 2.49 bits per heavy atom. The molecule has 1 atom stereocenters. The third-order valence-corrected chi connectivity index (χ3v) is 7.81. The molecule has 0 fully saturated rings. The summed E-state index contributed by atoms with van der Waals surface area (Å²) in [7, 11) is 0. The molecular formula is C32H30F4N6O2S. The molecule has 2 amide bonds. The van der Waals surface area contributed by atoms with Crippen LogP contribution >= 0.6 is 11.3 Å². The van der Waals surface area contributed by atoms with Crippen LogP contribution in [0, 0.1) is 13.8 Å². The standard InChI is InChI=1S/C32H30F4N6O2S/c1-4-5-23-7-6-20(2)16-28(23)42-21(3)18-45-31(42)39-30(43)37-17-27(33)22-8-10-24(11-9-22)29-38-19-41(40-29)25-12-14-26(15-13-25)44-32(34,35)36/h6-16,18-19,27H,4-5,17H2,1-3H3,(H,37,43). The fourth-order valence-corrected chi connectivity index (χ4v) is 5.57. The number of hydrogen-bond donors (Lipinski definition) is 1. The van der Waals surface area contributed by atoms with E-state index in [-0.39, 0.29) is 12.3 Å². The van der Waals surface area contributed by atoms with Crippen LogP contribution in [0.5, 0.6) is 5.75 Å². The average Bonchev–Trinajstić information content (AvgIpc) is 3.64. The van der Waals surface area contributed by atoms with Crippen molar-refractivity contribution in [2.75, 3.05) is 6.54 Å². The van der Waals surface area contributed by atoms with Crippen LogP contribution in [-0.2, 0) is 6.42 Å². The van der Waals surface area contributed by atoms with Crippen molar-refractivity contribution in [3.8, 4) is 28.5 Å². The second-order valence-corrected chi connectivity index (χ2v) is 11.2. The lowest BCUT2D eigenvalue weighted by Gasteiger charge is -2.13. The minimum absolute atomic E-state index is 0.265. The summed E-state index contributed by atoms with van der Waals surface area (Å²) in [4.78, 5) is 21.7. The fourth-order valence-electron chi connectivity index (χ4n) is 4.71.